The van der Waals surface area contributed by atoms with Crippen LogP contribution in [0.4, 0.5) is 5.69 Å². The Kier molecular flexibility index (Phi) is 5.68. The van der Waals surface area contributed by atoms with Gasteiger partial charge in [-0.05, 0) is 42.8 Å². The first-order valence-corrected chi connectivity index (χ1v) is 12.0. The number of nitrogens with zero attached hydrogens (tertiary/aromatic N) is 4. The van der Waals surface area contributed by atoms with Crippen molar-refractivity contribution < 1.29 is 9.90 Å². The summed E-state index contributed by atoms with van der Waals surface area (Å²) in [5, 5.41) is 17.5. The van der Waals surface area contributed by atoms with E-state index in [0.29, 0.717) is 28.1 Å². The number of rotatable bonds is 7. The van der Waals surface area contributed by atoms with E-state index in [0.717, 1.165) is 27.7 Å². The lowest BCUT2D eigenvalue weighted by molar-refractivity contribution is -0.137. The zero-order valence-corrected chi connectivity index (χ0v) is 20.3. The van der Waals surface area contributed by atoms with Crippen LogP contribution in [-0.4, -0.2) is 40.8 Å². The second-order valence-electron chi connectivity index (χ2n) is 9.01. The summed E-state index contributed by atoms with van der Waals surface area (Å²) in [6, 6.07) is 18.9. The van der Waals surface area contributed by atoms with E-state index in [1.165, 1.54) is 4.68 Å². The second-order valence-corrected chi connectivity index (χ2v) is 9.01. The van der Waals surface area contributed by atoms with E-state index in [-0.39, 0.29) is 18.1 Å². The fourth-order valence-electron chi connectivity index (χ4n) is 4.59. The summed E-state index contributed by atoms with van der Waals surface area (Å²) in [7, 11) is 0. The molecule has 0 saturated carbocycles. The number of imidazole rings is 1. The second kappa shape index (κ2) is 9.32. The van der Waals surface area contributed by atoms with Crippen LogP contribution >= 0.6 is 0 Å². The molecule has 10 heteroatoms. The molecule has 38 heavy (non-hydrogen) atoms. The van der Waals surface area contributed by atoms with E-state index in [4.69, 9.17) is 10.1 Å². The molecule has 188 valence electrons. The number of aliphatic carboxylic acids is 1. The third-order valence-corrected chi connectivity index (χ3v) is 6.40. The molecule has 1 unspecified atom stereocenters. The number of nitrogens with one attached hydrogen (secondary N) is 3. The fraction of sp³-hybridized carbons (Fsp3) is 0.107. The van der Waals surface area contributed by atoms with Gasteiger partial charge in [0.1, 0.15) is 17.9 Å². The average Bonchev–Trinajstić information content (AvgIpc) is 3.55. The smallest absolute Gasteiger partial charge is 0.325 e. The van der Waals surface area contributed by atoms with Gasteiger partial charge in [-0.1, -0.05) is 30.3 Å². The topological polar surface area (TPSA) is 142 Å². The first-order valence-electron chi connectivity index (χ1n) is 12.0. The predicted octanol–water partition coefficient (Wildman–Crippen LogP) is 4.59. The van der Waals surface area contributed by atoms with E-state index in [1.54, 1.807) is 18.6 Å². The quantitative estimate of drug-likeness (QED) is 0.249. The van der Waals surface area contributed by atoms with Crippen LogP contribution in [0.2, 0.25) is 0 Å². The Hall–Kier alpha value is -5.25. The Morgan fingerprint density at radius 2 is 1.89 bits per heavy atom. The number of para-hydroxylation sites is 1. The number of fused-ring (bicyclic) bond motifs is 2. The van der Waals surface area contributed by atoms with Crippen LogP contribution in [0, 0.1) is 0 Å². The highest BCUT2D eigenvalue weighted by Gasteiger charge is 2.20. The van der Waals surface area contributed by atoms with E-state index < -0.39 is 5.97 Å². The number of hydrogen-bond acceptors (Lipinski definition) is 6. The number of carbonyl (C=O) groups is 1. The zero-order chi connectivity index (χ0) is 26.2. The van der Waals surface area contributed by atoms with Gasteiger partial charge in [0.25, 0.3) is 5.56 Å². The molecule has 4 N–H and O–H groups in total. The SMILES string of the molecule is CC(Nc1c(-c2nc3ccc(-c4cnn(CC(=O)O)c4)cc3[nH]2)c(=O)[nH]c2ccccc12)c1ccccn1. The van der Waals surface area contributed by atoms with E-state index >= 15 is 0 Å². The van der Waals surface area contributed by atoms with Gasteiger partial charge in [-0.2, -0.15) is 5.10 Å². The molecule has 1 atom stereocenters. The number of carboxylic acid groups (broad SMARTS) is 1. The third-order valence-electron chi connectivity index (χ3n) is 6.40. The normalized spacial score (nSPS) is 12.1. The number of aromatic nitrogens is 6. The number of carboxylic acids is 1. The van der Waals surface area contributed by atoms with Gasteiger partial charge in [0.05, 0.1) is 40.2 Å². The van der Waals surface area contributed by atoms with Crippen molar-refractivity contribution in [3.05, 3.63) is 95.3 Å². The van der Waals surface area contributed by atoms with E-state index in [1.807, 2.05) is 67.6 Å². The maximum atomic E-state index is 13.4. The number of pyridine rings is 2. The summed E-state index contributed by atoms with van der Waals surface area (Å²) in [6.45, 7) is 1.78. The number of anilines is 1. The number of benzene rings is 2. The van der Waals surface area contributed by atoms with E-state index in [2.05, 4.69) is 25.4 Å². The van der Waals surface area contributed by atoms with Gasteiger partial charge in [-0.25, -0.2) is 4.98 Å². The monoisotopic (exact) mass is 505 g/mol. The summed E-state index contributed by atoms with van der Waals surface area (Å²) in [6.07, 6.45) is 5.05. The molecule has 10 nitrogen and oxygen atoms in total. The molecular weight excluding hydrogens is 482 g/mol. The fourth-order valence-corrected chi connectivity index (χ4v) is 4.59. The minimum absolute atomic E-state index is 0.168. The summed E-state index contributed by atoms with van der Waals surface area (Å²) < 4.78 is 1.37. The third kappa shape index (κ3) is 4.28. The van der Waals surface area contributed by atoms with Gasteiger partial charge in [-0.15, -0.1) is 0 Å². The molecule has 0 aliphatic heterocycles. The van der Waals surface area contributed by atoms with Crippen LogP contribution in [0.3, 0.4) is 0 Å². The molecular formula is C28H23N7O3. The Balaban J connectivity index is 1.45. The van der Waals surface area contributed by atoms with Gasteiger partial charge in [0, 0.05) is 23.3 Å². The average molecular weight is 506 g/mol. The summed E-state index contributed by atoms with van der Waals surface area (Å²) in [5.74, 6) is -0.530. The van der Waals surface area contributed by atoms with Gasteiger partial charge in [0.2, 0.25) is 0 Å². The summed E-state index contributed by atoms with van der Waals surface area (Å²) >= 11 is 0. The highest BCUT2D eigenvalue weighted by Crippen LogP contribution is 2.34. The minimum Gasteiger partial charge on any atom is -0.480 e. The summed E-state index contributed by atoms with van der Waals surface area (Å²) in [4.78, 5) is 39.9. The molecule has 4 aromatic heterocycles. The first kappa shape index (κ1) is 23.2. The van der Waals surface area contributed by atoms with Crippen LogP contribution < -0.4 is 10.9 Å². The molecule has 0 radical (unpaired) electrons. The Bertz CT molecular complexity index is 1850. The lowest BCUT2D eigenvalue weighted by Crippen LogP contribution is -2.17. The Morgan fingerprint density at radius 3 is 2.71 bits per heavy atom. The van der Waals surface area contributed by atoms with Crippen molar-refractivity contribution >= 4 is 33.6 Å². The van der Waals surface area contributed by atoms with Crippen LogP contribution in [0.15, 0.2) is 84.0 Å². The maximum Gasteiger partial charge on any atom is 0.325 e. The van der Waals surface area contributed by atoms with Gasteiger partial charge >= 0.3 is 5.97 Å². The molecule has 0 spiro atoms. The van der Waals surface area contributed by atoms with Crippen molar-refractivity contribution in [1.82, 2.24) is 29.7 Å². The lowest BCUT2D eigenvalue weighted by atomic mass is 10.1. The molecule has 0 bridgehead atoms. The highest BCUT2D eigenvalue weighted by atomic mass is 16.4. The molecule has 0 fully saturated rings. The van der Waals surface area contributed by atoms with Crippen molar-refractivity contribution in [2.24, 2.45) is 0 Å². The first-order chi connectivity index (χ1) is 18.5. The van der Waals surface area contributed by atoms with Gasteiger partial charge < -0.3 is 20.4 Å². The van der Waals surface area contributed by atoms with Crippen molar-refractivity contribution in [3.8, 4) is 22.5 Å². The number of H-pyrrole nitrogens is 2. The standard InChI is InChI=1S/C28H23N7O3/c1-16(20-7-4-5-11-29-20)31-26-19-6-2-3-8-21(19)34-28(38)25(26)27-32-22-10-9-17(12-23(22)33-27)18-13-30-35(14-18)15-24(36)37/h2-14,16H,15H2,1H3,(H,32,33)(H,36,37)(H2,31,34,38). The molecule has 6 rings (SSSR count). The molecule has 6 aromatic rings. The van der Waals surface area contributed by atoms with Crippen molar-refractivity contribution in [2.75, 3.05) is 5.32 Å². The van der Waals surface area contributed by atoms with Crippen molar-refractivity contribution in [1.29, 1.82) is 0 Å². The largest absolute Gasteiger partial charge is 0.480 e. The van der Waals surface area contributed by atoms with Crippen molar-refractivity contribution in [2.45, 2.75) is 19.5 Å². The highest BCUT2D eigenvalue weighted by molar-refractivity contribution is 5.99. The molecule has 0 aliphatic carbocycles. The predicted molar refractivity (Wildman–Crippen MR) is 145 cm³/mol. The summed E-state index contributed by atoms with van der Waals surface area (Å²) in [5.41, 5.74) is 5.41. The number of aromatic amines is 2. The molecule has 0 amide bonds. The van der Waals surface area contributed by atoms with Crippen molar-refractivity contribution in [3.63, 3.8) is 0 Å². The molecule has 0 aliphatic rings. The zero-order valence-electron chi connectivity index (χ0n) is 20.3. The van der Waals surface area contributed by atoms with Crippen LogP contribution in [0.25, 0.3) is 44.5 Å². The van der Waals surface area contributed by atoms with E-state index in [9.17, 15) is 9.59 Å². The number of hydrogen-bond donors (Lipinski definition) is 4. The van der Waals surface area contributed by atoms with Crippen LogP contribution in [-0.2, 0) is 11.3 Å². The van der Waals surface area contributed by atoms with Gasteiger partial charge in [0.15, 0.2) is 0 Å². The molecule has 0 saturated heterocycles. The maximum absolute atomic E-state index is 13.4. The van der Waals surface area contributed by atoms with Crippen LogP contribution in [0.5, 0.6) is 0 Å². The lowest BCUT2D eigenvalue weighted by Gasteiger charge is -2.18. The Morgan fingerprint density at radius 1 is 1.05 bits per heavy atom. The molecule has 2 aromatic carbocycles. The molecule has 4 heterocycles. The minimum atomic E-state index is -0.962. The van der Waals surface area contributed by atoms with Crippen LogP contribution in [0.1, 0.15) is 18.7 Å². The Labute approximate surface area is 216 Å². The van der Waals surface area contributed by atoms with Gasteiger partial charge in [-0.3, -0.25) is 19.3 Å².